The summed E-state index contributed by atoms with van der Waals surface area (Å²) < 4.78 is 2.11. The molecule has 0 atom stereocenters. The van der Waals surface area contributed by atoms with Crippen LogP contribution < -0.4 is 5.32 Å². The van der Waals surface area contributed by atoms with Crippen LogP contribution in [0.15, 0.2) is 36.8 Å². The third kappa shape index (κ3) is 2.70. The molecule has 1 aliphatic rings. The number of fused-ring (bicyclic) bond motifs is 1. The topological polar surface area (TPSA) is 62.7 Å². The Bertz CT molecular complexity index is 871. The summed E-state index contributed by atoms with van der Waals surface area (Å²) in [5.41, 5.74) is 4.10. The predicted molar refractivity (Wildman–Crippen MR) is 95.9 cm³/mol. The van der Waals surface area contributed by atoms with Crippen molar-refractivity contribution in [1.29, 1.82) is 0 Å². The van der Waals surface area contributed by atoms with Gasteiger partial charge in [0, 0.05) is 35.3 Å². The van der Waals surface area contributed by atoms with Gasteiger partial charge >= 0.3 is 0 Å². The van der Waals surface area contributed by atoms with Crippen LogP contribution in [0.2, 0.25) is 0 Å². The van der Waals surface area contributed by atoms with Crippen molar-refractivity contribution in [2.75, 3.05) is 5.32 Å². The minimum Gasteiger partial charge on any atom is -0.359 e. The number of hydrogen-bond acceptors (Lipinski definition) is 2. The maximum Gasteiger partial charge on any atom is 0.224 e. The van der Waals surface area contributed by atoms with Gasteiger partial charge in [-0.1, -0.05) is 25.8 Å². The number of carbonyl (C=O) groups is 1. The maximum atomic E-state index is 11.7. The van der Waals surface area contributed by atoms with E-state index in [9.17, 15) is 4.79 Å². The second-order valence-electron chi connectivity index (χ2n) is 6.51. The maximum absolute atomic E-state index is 11.7. The monoisotopic (exact) mass is 322 g/mol. The highest BCUT2D eigenvalue weighted by molar-refractivity contribution is 6.02. The molecule has 0 unspecified atom stereocenters. The van der Waals surface area contributed by atoms with Crippen LogP contribution in [0.4, 0.5) is 5.69 Å². The second-order valence-corrected chi connectivity index (χ2v) is 6.51. The zero-order chi connectivity index (χ0) is 16.5. The Morgan fingerprint density at radius 3 is 2.96 bits per heavy atom. The number of benzene rings is 1. The van der Waals surface area contributed by atoms with Crippen molar-refractivity contribution in [3.8, 4) is 11.1 Å². The molecule has 0 bridgehead atoms. The molecule has 2 aromatic heterocycles. The van der Waals surface area contributed by atoms with Gasteiger partial charge in [-0.05, 0) is 30.5 Å². The first-order valence-electron chi connectivity index (χ1n) is 8.70. The molecular weight excluding hydrogens is 300 g/mol. The fourth-order valence-corrected chi connectivity index (χ4v) is 3.50. The molecule has 0 radical (unpaired) electrons. The minimum atomic E-state index is 0.0235. The van der Waals surface area contributed by atoms with Gasteiger partial charge in [-0.3, -0.25) is 9.48 Å². The molecule has 4 rings (SSSR count). The lowest BCUT2D eigenvalue weighted by molar-refractivity contribution is -0.115. The van der Waals surface area contributed by atoms with Gasteiger partial charge in [0.25, 0.3) is 0 Å². The Hall–Kier alpha value is -2.56. The summed E-state index contributed by atoms with van der Waals surface area (Å²) in [5.74, 6) is 0.0235. The van der Waals surface area contributed by atoms with E-state index in [1.165, 1.54) is 25.7 Å². The number of amides is 1. The number of rotatable bonds is 4. The quantitative estimate of drug-likeness (QED) is 0.743. The zero-order valence-electron chi connectivity index (χ0n) is 13.9. The number of hydrogen-bond donors (Lipinski definition) is 2. The smallest absolute Gasteiger partial charge is 0.224 e. The van der Waals surface area contributed by atoms with Crippen LogP contribution >= 0.6 is 0 Å². The van der Waals surface area contributed by atoms with E-state index in [1.807, 2.05) is 19.3 Å². The van der Waals surface area contributed by atoms with E-state index >= 15 is 0 Å². The molecular formula is C19H22N4O. The summed E-state index contributed by atoms with van der Waals surface area (Å²) in [6.45, 7) is 1.85. The van der Waals surface area contributed by atoms with Gasteiger partial charge in [-0.15, -0.1) is 0 Å². The Labute approximate surface area is 141 Å². The van der Waals surface area contributed by atoms with Crippen LogP contribution in [0.1, 0.15) is 45.1 Å². The van der Waals surface area contributed by atoms with Crippen LogP contribution in [-0.2, 0) is 4.79 Å². The van der Waals surface area contributed by atoms with Crippen molar-refractivity contribution in [1.82, 2.24) is 14.8 Å². The lowest BCUT2D eigenvalue weighted by Crippen LogP contribution is -2.08. The highest BCUT2D eigenvalue weighted by Crippen LogP contribution is 2.32. The van der Waals surface area contributed by atoms with Crippen molar-refractivity contribution < 1.29 is 4.79 Å². The normalized spacial score (nSPS) is 15.2. The third-order valence-electron chi connectivity index (χ3n) is 4.91. The zero-order valence-corrected chi connectivity index (χ0v) is 13.9. The second kappa shape index (κ2) is 6.15. The van der Waals surface area contributed by atoms with Gasteiger partial charge in [0.2, 0.25) is 5.91 Å². The third-order valence-corrected chi connectivity index (χ3v) is 4.91. The first kappa shape index (κ1) is 15.0. The Balaban J connectivity index is 1.66. The standard InChI is InChI=1S/C19H22N4O/c1-2-19(24)22-18-11-20-17-8-7-13(9-16(17)18)14-10-21-23(12-14)15-5-3-4-6-15/h7-12,15,20H,2-6H2,1H3,(H,22,24). The van der Waals surface area contributed by atoms with Gasteiger partial charge in [-0.2, -0.15) is 5.10 Å². The van der Waals surface area contributed by atoms with Crippen LogP contribution in [0.25, 0.3) is 22.0 Å². The predicted octanol–water partition coefficient (Wildman–Crippen LogP) is 4.50. The average molecular weight is 322 g/mol. The molecule has 24 heavy (non-hydrogen) atoms. The number of carbonyl (C=O) groups excluding carboxylic acids is 1. The molecule has 124 valence electrons. The summed E-state index contributed by atoms with van der Waals surface area (Å²) in [7, 11) is 0. The molecule has 2 N–H and O–H groups in total. The van der Waals surface area contributed by atoms with Gasteiger partial charge < -0.3 is 10.3 Å². The molecule has 1 saturated carbocycles. The van der Waals surface area contributed by atoms with Crippen LogP contribution in [-0.4, -0.2) is 20.7 Å². The van der Waals surface area contributed by atoms with Gasteiger partial charge in [0.15, 0.2) is 0 Å². The van der Waals surface area contributed by atoms with Crippen LogP contribution in [0, 0.1) is 0 Å². The highest BCUT2D eigenvalue weighted by atomic mass is 16.1. The molecule has 2 heterocycles. The fraction of sp³-hybridized carbons (Fsp3) is 0.368. The number of anilines is 1. The van der Waals surface area contributed by atoms with E-state index in [2.05, 4.69) is 44.5 Å². The van der Waals surface area contributed by atoms with Crippen molar-refractivity contribution in [3.05, 3.63) is 36.8 Å². The molecule has 3 aromatic rings. The number of aromatic amines is 1. The lowest BCUT2D eigenvalue weighted by Gasteiger charge is -2.08. The average Bonchev–Trinajstić information content (AvgIpc) is 3.34. The summed E-state index contributed by atoms with van der Waals surface area (Å²) in [6, 6.07) is 6.82. The van der Waals surface area contributed by atoms with Crippen molar-refractivity contribution in [2.45, 2.75) is 45.1 Å². The molecule has 5 heteroatoms. The summed E-state index contributed by atoms with van der Waals surface area (Å²) in [5, 5.41) is 8.55. The molecule has 0 spiro atoms. The largest absolute Gasteiger partial charge is 0.359 e. The number of aromatic nitrogens is 3. The van der Waals surface area contributed by atoms with E-state index in [0.29, 0.717) is 12.5 Å². The Morgan fingerprint density at radius 1 is 1.33 bits per heavy atom. The van der Waals surface area contributed by atoms with Crippen molar-refractivity contribution in [3.63, 3.8) is 0 Å². The Kier molecular flexibility index (Phi) is 3.84. The SMILES string of the molecule is CCC(=O)Nc1c[nH]c2ccc(-c3cnn(C4CCCC4)c3)cc12. The van der Waals surface area contributed by atoms with Crippen LogP contribution in [0.5, 0.6) is 0 Å². The molecule has 1 aliphatic carbocycles. The summed E-state index contributed by atoms with van der Waals surface area (Å²) in [6.07, 6.45) is 11.5. The molecule has 5 nitrogen and oxygen atoms in total. The fourth-order valence-electron chi connectivity index (χ4n) is 3.50. The van der Waals surface area contributed by atoms with Gasteiger partial charge in [0.1, 0.15) is 0 Å². The molecule has 0 saturated heterocycles. The van der Waals surface area contributed by atoms with Gasteiger partial charge in [0.05, 0.1) is 17.9 Å². The van der Waals surface area contributed by atoms with E-state index in [0.717, 1.165) is 27.7 Å². The van der Waals surface area contributed by atoms with Crippen LogP contribution in [0.3, 0.4) is 0 Å². The first-order chi connectivity index (χ1) is 11.7. The molecule has 1 fully saturated rings. The first-order valence-corrected chi connectivity index (χ1v) is 8.70. The molecule has 1 amide bonds. The van der Waals surface area contributed by atoms with Crippen molar-refractivity contribution >= 4 is 22.5 Å². The van der Waals surface area contributed by atoms with E-state index in [4.69, 9.17) is 0 Å². The molecule has 0 aliphatic heterocycles. The minimum absolute atomic E-state index is 0.0235. The number of nitrogens with zero attached hydrogens (tertiary/aromatic N) is 2. The van der Waals surface area contributed by atoms with E-state index in [-0.39, 0.29) is 5.91 Å². The van der Waals surface area contributed by atoms with Crippen molar-refractivity contribution in [2.24, 2.45) is 0 Å². The highest BCUT2D eigenvalue weighted by Gasteiger charge is 2.18. The van der Waals surface area contributed by atoms with Gasteiger partial charge in [-0.25, -0.2) is 0 Å². The summed E-state index contributed by atoms with van der Waals surface area (Å²) >= 11 is 0. The number of H-pyrrole nitrogens is 1. The molecule has 1 aromatic carbocycles. The summed E-state index contributed by atoms with van der Waals surface area (Å²) in [4.78, 5) is 14.9. The number of nitrogens with one attached hydrogen (secondary N) is 2. The lowest BCUT2D eigenvalue weighted by atomic mass is 10.1. The van der Waals surface area contributed by atoms with E-state index in [1.54, 1.807) is 0 Å². The Morgan fingerprint density at radius 2 is 2.17 bits per heavy atom. The van der Waals surface area contributed by atoms with E-state index < -0.39 is 0 Å².